The highest BCUT2D eigenvalue weighted by molar-refractivity contribution is 7.83. The van der Waals surface area contributed by atoms with Crippen molar-refractivity contribution in [2.24, 2.45) is 0 Å². The van der Waals surface area contributed by atoms with Crippen LogP contribution in [0.25, 0.3) is 0 Å². The Kier molecular flexibility index (Phi) is 6.96. The maximum absolute atomic E-state index is 13.1. The average Bonchev–Trinajstić information content (AvgIpc) is 3.27. The van der Waals surface area contributed by atoms with E-state index in [4.69, 9.17) is 4.74 Å². The molecular formula is C20H24F3N3O5S. The topological polar surface area (TPSA) is 113 Å². The third-order valence-corrected chi connectivity index (χ3v) is 6.69. The maximum Gasteiger partial charge on any atom is 0.435 e. The number of aryl methyl sites for hydroxylation is 1. The summed E-state index contributed by atoms with van der Waals surface area (Å²) in [6.07, 6.45) is -3.27. The number of nitrogens with zero attached hydrogens (tertiary/aromatic N) is 2. The van der Waals surface area contributed by atoms with E-state index in [1.165, 1.54) is 0 Å². The van der Waals surface area contributed by atoms with Crippen LogP contribution in [0, 0.1) is 0 Å². The van der Waals surface area contributed by atoms with Crippen molar-refractivity contribution in [3.8, 4) is 0 Å². The number of aromatic amines is 1. The van der Waals surface area contributed by atoms with Gasteiger partial charge in [0.15, 0.2) is 5.69 Å². The van der Waals surface area contributed by atoms with Crippen LogP contribution in [-0.4, -0.2) is 46.1 Å². The summed E-state index contributed by atoms with van der Waals surface area (Å²) in [5.74, 6) is 0. The van der Waals surface area contributed by atoms with Crippen LogP contribution < -0.4 is 0 Å². The molecule has 32 heavy (non-hydrogen) atoms. The normalized spacial score (nSPS) is 17.6. The zero-order valence-electron chi connectivity index (χ0n) is 17.5. The van der Waals surface area contributed by atoms with Gasteiger partial charge in [0, 0.05) is 30.6 Å². The van der Waals surface area contributed by atoms with Gasteiger partial charge in [-0.15, -0.1) is 0 Å². The van der Waals surface area contributed by atoms with Gasteiger partial charge in [0.05, 0.1) is 6.04 Å². The molecule has 1 aromatic heterocycles. The Morgan fingerprint density at radius 1 is 1.34 bits per heavy atom. The van der Waals surface area contributed by atoms with Crippen LogP contribution in [0.3, 0.4) is 0 Å². The number of H-pyrrole nitrogens is 1. The van der Waals surface area contributed by atoms with Gasteiger partial charge in [0.25, 0.3) is 6.47 Å². The first-order valence-electron chi connectivity index (χ1n) is 9.98. The molecule has 0 bridgehead atoms. The summed E-state index contributed by atoms with van der Waals surface area (Å²) in [5.41, 5.74) is 1.23. The van der Waals surface area contributed by atoms with Gasteiger partial charge >= 0.3 is 16.5 Å². The van der Waals surface area contributed by atoms with Gasteiger partial charge in [0.2, 0.25) is 0 Å². The zero-order chi connectivity index (χ0) is 23.7. The molecule has 1 aromatic carbocycles. The van der Waals surface area contributed by atoms with E-state index in [1.807, 2.05) is 6.07 Å². The molecule has 1 aliphatic carbocycles. The number of carbonyl (C=O) groups excluding carboxylic acids is 1. The SMILES string of the molecule is CC(C)N(C1CCc2cc(CC(Cc3c[nH]nc3C(F)(F)F)OC=O)ccc21)S(=O)(=O)O. The summed E-state index contributed by atoms with van der Waals surface area (Å²) < 4.78 is 78.7. The molecule has 0 saturated heterocycles. The van der Waals surface area contributed by atoms with Crippen molar-refractivity contribution < 1.29 is 35.7 Å². The summed E-state index contributed by atoms with van der Waals surface area (Å²) in [4.78, 5) is 10.9. The fraction of sp³-hybridized carbons (Fsp3) is 0.500. The highest BCUT2D eigenvalue weighted by atomic mass is 32.2. The fourth-order valence-corrected chi connectivity index (χ4v) is 5.37. The molecule has 2 atom stereocenters. The number of hydrogen-bond donors (Lipinski definition) is 2. The van der Waals surface area contributed by atoms with Crippen molar-refractivity contribution in [3.63, 3.8) is 0 Å². The fourth-order valence-electron chi connectivity index (χ4n) is 4.30. The minimum absolute atomic E-state index is 0.105. The Morgan fingerprint density at radius 3 is 2.66 bits per heavy atom. The molecule has 1 aliphatic rings. The second-order valence-corrected chi connectivity index (χ2v) is 9.33. The van der Waals surface area contributed by atoms with E-state index >= 15 is 0 Å². The van der Waals surface area contributed by atoms with Crippen molar-refractivity contribution in [1.82, 2.24) is 14.5 Å². The lowest BCUT2D eigenvalue weighted by Gasteiger charge is -2.29. The molecule has 2 aromatic rings. The van der Waals surface area contributed by atoms with Gasteiger partial charge < -0.3 is 4.74 Å². The van der Waals surface area contributed by atoms with E-state index in [0.29, 0.717) is 12.8 Å². The summed E-state index contributed by atoms with van der Waals surface area (Å²) in [6, 6.07) is 4.36. The van der Waals surface area contributed by atoms with E-state index in [9.17, 15) is 30.9 Å². The average molecular weight is 475 g/mol. The second kappa shape index (κ2) is 9.20. The van der Waals surface area contributed by atoms with Crippen LogP contribution >= 0.6 is 0 Å². The Morgan fingerprint density at radius 2 is 2.06 bits per heavy atom. The number of aromatic nitrogens is 2. The molecule has 3 rings (SSSR count). The smallest absolute Gasteiger partial charge is 0.435 e. The van der Waals surface area contributed by atoms with Crippen molar-refractivity contribution in [2.45, 2.75) is 63.9 Å². The summed E-state index contributed by atoms with van der Waals surface area (Å²) in [6.45, 7) is 3.55. The Bertz CT molecular complexity index is 1070. The van der Waals surface area contributed by atoms with Gasteiger partial charge in [-0.2, -0.15) is 31.0 Å². The molecule has 12 heteroatoms. The minimum Gasteiger partial charge on any atom is -0.464 e. The van der Waals surface area contributed by atoms with Crippen LogP contribution in [-0.2, 0) is 45.3 Å². The molecule has 0 amide bonds. The lowest BCUT2D eigenvalue weighted by Crippen LogP contribution is -2.38. The van der Waals surface area contributed by atoms with Gasteiger partial charge in [-0.05, 0) is 43.4 Å². The molecule has 1 heterocycles. The lowest BCUT2D eigenvalue weighted by molar-refractivity contribution is -0.142. The van der Waals surface area contributed by atoms with Crippen LogP contribution in [0.2, 0.25) is 0 Å². The number of benzene rings is 1. The van der Waals surface area contributed by atoms with E-state index in [0.717, 1.165) is 27.2 Å². The number of nitrogens with one attached hydrogen (secondary N) is 1. The van der Waals surface area contributed by atoms with Crippen molar-refractivity contribution in [2.75, 3.05) is 0 Å². The third kappa shape index (κ3) is 5.30. The van der Waals surface area contributed by atoms with Crippen LogP contribution in [0.4, 0.5) is 13.2 Å². The molecule has 176 valence electrons. The van der Waals surface area contributed by atoms with Crippen LogP contribution in [0.15, 0.2) is 24.4 Å². The molecule has 0 spiro atoms. The summed E-state index contributed by atoms with van der Waals surface area (Å²) in [5, 5.41) is 5.44. The van der Waals surface area contributed by atoms with Crippen LogP contribution in [0.5, 0.6) is 0 Å². The van der Waals surface area contributed by atoms with E-state index in [1.54, 1.807) is 26.0 Å². The molecule has 0 saturated carbocycles. The second-order valence-electron chi connectivity index (χ2n) is 8.01. The van der Waals surface area contributed by atoms with E-state index in [-0.39, 0.29) is 24.9 Å². The quantitative estimate of drug-likeness (QED) is 0.425. The van der Waals surface area contributed by atoms with Gasteiger partial charge in [-0.3, -0.25) is 14.4 Å². The third-order valence-electron chi connectivity index (χ3n) is 5.48. The van der Waals surface area contributed by atoms with E-state index < -0.39 is 40.4 Å². The first-order valence-corrected chi connectivity index (χ1v) is 11.4. The predicted octanol–water partition coefficient (Wildman–Crippen LogP) is 3.26. The monoisotopic (exact) mass is 475 g/mol. The van der Waals surface area contributed by atoms with Crippen molar-refractivity contribution in [3.05, 3.63) is 52.3 Å². The molecule has 2 unspecified atom stereocenters. The Balaban J connectivity index is 1.81. The Hall–Kier alpha value is -2.44. The number of rotatable bonds is 9. The summed E-state index contributed by atoms with van der Waals surface area (Å²) >= 11 is 0. The first kappa shape index (κ1) is 24.2. The number of carbonyl (C=O) groups is 1. The van der Waals surface area contributed by atoms with Gasteiger partial charge in [0.1, 0.15) is 6.10 Å². The highest BCUT2D eigenvalue weighted by Crippen LogP contribution is 2.39. The van der Waals surface area contributed by atoms with E-state index in [2.05, 4.69) is 10.2 Å². The molecule has 0 fully saturated rings. The maximum atomic E-state index is 13.1. The van der Waals surface area contributed by atoms with Gasteiger partial charge in [-0.1, -0.05) is 18.2 Å². The number of hydrogen-bond acceptors (Lipinski definition) is 5. The number of fused-ring (bicyclic) bond motifs is 1. The predicted molar refractivity (Wildman–Crippen MR) is 108 cm³/mol. The molecule has 2 N–H and O–H groups in total. The molecule has 8 nitrogen and oxygen atoms in total. The zero-order valence-corrected chi connectivity index (χ0v) is 18.3. The highest BCUT2D eigenvalue weighted by Gasteiger charge is 2.38. The number of halogens is 3. The largest absolute Gasteiger partial charge is 0.464 e. The molecule has 0 aliphatic heterocycles. The minimum atomic E-state index is -4.63. The standard InChI is InChI=1S/C20H24F3N3O5S/c1-12(2)26(32(28,29)30)18-6-4-14-7-13(3-5-17(14)18)8-16(31-11-27)9-15-10-24-25-19(15)20(21,22)23/h3,5,7,10-12,16,18H,4,6,8-9H2,1-2H3,(H,24,25)(H,28,29,30). The number of ether oxygens (including phenoxy) is 1. The van der Waals surface area contributed by atoms with Crippen molar-refractivity contribution in [1.29, 1.82) is 0 Å². The summed E-state index contributed by atoms with van der Waals surface area (Å²) in [7, 11) is -4.40. The molecular weight excluding hydrogens is 451 g/mol. The first-order chi connectivity index (χ1) is 14.9. The van der Waals surface area contributed by atoms with Crippen LogP contribution in [0.1, 0.15) is 54.3 Å². The lowest BCUT2D eigenvalue weighted by atomic mass is 9.98. The van der Waals surface area contributed by atoms with Crippen molar-refractivity contribution >= 4 is 16.8 Å². The van der Waals surface area contributed by atoms with Gasteiger partial charge in [-0.25, -0.2) is 0 Å². The Labute approximate surface area is 183 Å². The molecule has 0 radical (unpaired) electrons. The number of alkyl halides is 3.